The number of allylic oxidation sites excluding steroid dienone is 1. The predicted molar refractivity (Wildman–Crippen MR) is 45.1 cm³/mol. The molecule has 5 nitrogen and oxygen atoms in total. The Morgan fingerprint density at radius 1 is 1.50 bits per heavy atom. The van der Waals surface area contributed by atoms with Crippen LogP contribution in [-0.4, -0.2) is 20.8 Å². The van der Waals surface area contributed by atoms with Gasteiger partial charge in [-0.15, -0.1) is 0 Å². The summed E-state index contributed by atoms with van der Waals surface area (Å²) >= 11 is 0. The van der Waals surface area contributed by atoms with Crippen LogP contribution >= 0.6 is 15.6 Å². The van der Waals surface area contributed by atoms with Gasteiger partial charge in [0.1, 0.15) is 0 Å². The predicted octanol–water partition coefficient (Wildman–Crippen LogP) is 1.19. The van der Waals surface area contributed by atoms with Crippen LogP contribution in [0.15, 0.2) is 11.9 Å². The van der Waals surface area contributed by atoms with E-state index in [-0.39, 0.29) is 24.3 Å². The molecule has 7 heteroatoms. The van der Waals surface area contributed by atoms with E-state index in [4.69, 9.17) is 14.7 Å². The average Bonchev–Trinajstić information content (AvgIpc) is 1.84. The van der Waals surface area contributed by atoms with Crippen molar-refractivity contribution in [3.05, 3.63) is 11.9 Å². The van der Waals surface area contributed by atoms with Gasteiger partial charge in [-0.1, -0.05) is 6.58 Å². The van der Waals surface area contributed by atoms with Crippen LogP contribution in [0, 0.1) is 0 Å². The Morgan fingerprint density at radius 3 is 2.33 bits per heavy atom. The van der Waals surface area contributed by atoms with Crippen LogP contribution in [0.1, 0.15) is 12.8 Å². The highest BCUT2D eigenvalue weighted by Gasteiger charge is 2.19. The summed E-state index contributed by atoms with van der Waals surface area (Å²) in [6, 6.07) is 0. The van der Waals surface area contributed by atoms with Crippen LogP contribution in [0.5, 0.6) is 0 Å². The third-order valence-electron chi connectivity index (χ3n) is 1.23. The Labute approximate surface area is 71.1 Å². The van der Waals surface area contributed by atoms with Crippen LogP contribution in [0.3, 0.4) is 0 Å². The zero-order valence-corrected chi connectivity index (χ0v) is 8.17. The molecule has 1 atom stereocenters. The van der Waals surface area contributed by atoms with E-state index in [0.29, 0.717) is 0 Å². The molecule has 0 heterocycles. The van der Waals surface area contributed by atoms with Gasteiger partial charge in [0.25, 0.3) is 0 Å². The van der Waals surface area contributed by atoms with Gasteiger partial charge in [0.15, 0.2) is 6.16 Å². The molecule has 0 amide bonds. The van der Waals surface area contributed by atoms with Crippen molar-refractivity contribution in [1.82, 2.24) is 0 Å². The molecule has 0 radical (unpaired) electrons. The Kier molecular flexibility index (Phi) is 4.83. The van der Waals surface area contributed by atoms with E-state index in [0.717, 1.165) is 0 Å². The first-order valence-electron chi connectivity index (χ1n) is 3.21. The lowest BCUT2D eigenvalue weighted by Gasteiger charge is -2.04. The zero-order valence-electron chi connectivity index (χ0n) is 6.38. The molecule has 0 aliphatic heterocycles. The van der Waals surface area contributed by atoms with Gasteiger partial charge in [0.05, 0.1) is 0 Å². The van der Waals surface area contributed by atoms with Gasteiger partial charge in [-0.3, -0.25) is 4.57 Å². The van der Waals surface area contributed by atoms with Gasteiger partial charge < -0.3 is 9.79 Å². The van der Waals surface area contributed by atoms with Crippen molar-refractivity contribution < 1.29 is 23.8 Å². The second kappa shape index (κ2) is 4.85. The Bertz CT molecular complexity index is 230. The molecule has 0 spiro atoms. The lowest BCUT2D eigenvalue weighted by Crippen LogP contribution is -1.86. The molecule has 0 saturated carbocycles. The second-order valence-electron chi connectivity index (χ2n) is 2.29. The van der Waals surface area contributed by atoms with Crippen molar-refractivity contribution in [2.24, 2.45) is 0 Å². The number of rotatable bonds is 5. The molecule has 0 aliphatic carbocycles. The molecule has 0 saturated heterocycles. The van der Waals surface area contributed by atoms with Crippen molar-refractivity contribution in [2.45, 2.75) is 12.8 Å². The first-order chi connectivity index (χ1) is 5.34. The van der Waals surface area contributed by atoms with Crippen LogP contribution in [0.4, 0.5) is 0 Å². The van der Waals surface area contributed by atoms with E-state index in [2.05, 4.69) is 6.58 Å². The largest absolute Gasteiger partial charge is 0.505 e. The minimum Gasteiger partial charge on any atom is -0.321 e. The Balaban J connectivity index is 3.74. The van der Waals surface area contributed by atoms with Crippen molar-refractivity contribution in [3.8, 4) is 0 Å². The van der Waals surface area contributed by atoms with E-state index in [1.165, 1.54) is 0 Å². The lowest BCUT2D eigenvalue weighted by atomic mass is 10.3. The molecule has 0 aliphatic rings. The molecule has 1 unspecified atom stereocenters. The van der Waals surface area contributed by atoms with Crippen LogP contribution in [-0.2, 0) is 9.13 Å². The molecule has 0 rings (SSSR count). The van der Waals surface area contributed by atoms with E-state index in [1.54, 1.807) is 0 Å². The van der Waals surface area contributed by atoms with Crippen molar-refractivity contribution >= 4 is 15.6 Å². The fourth-order valence-corrected chi connectivity index (χ4v) is 1.44. The summed E-state index contributed by atoms with van der Waals surface area (Å²) in [6.45, 7) is 3.18. The van der Waals surface area contributed by atoms with Gasteiger partial charge >= 0.3 is 15.6 Å². The summed E-state index contributed by atoms with van der Waals surface area (Å²) in [5.74, 6) is 0. The molecule has 0 aromatic heterocycles. The summed E-state index contributed by atoms with van der Waals surface area (Å²) in [4.78, 5) is 25.4. The molecular weight excluding hydrogens is 202 g/mol. The summed E-state index contributed by atoms with van der Waals surface area (Å²) in [5, 5.41) is -0.181. The van der Waals surface area contributed by atoms with Crippen LogP contribution in [0.25, 0.3) is 0 Å². The summed E-state index contributed by atoms with van der Waals surface area (Å²) in [6.07, 6.45) is 0.413. The van der Waals surface area contributed by atoms with Crippen molar-refractivity contribution in [3.63, 3.8) is 0 Å². The Morgan fingerprint density at radius 2 is 2.00 bits per heavy atom. The lowest BCUT2D eigenvalue weighted by molar-refractivity contribution is 0.380. The van der Waals surface area contributed by atoms with Gasteiger partial charge in [-0.25, -0.2) is 0 Å². The fourth-order valence-electron chi connectivity index (χ4n) is 0.564. The third kappa shape index (κ3) is 5.58. The topological polar surface area (TPSA) is 94.8 Å². The quantitative estimate of drug-likeness (QED) is 0.596. The van der Waals surface area contributed by atoms with Crippen LogP contribution in [0.2, 0.25) is 0 Å². The molecule has 0 bridgehead atoms. The minimum absolute atomic E-state index is 0.0500. The minimum atomic E-state index is -4.19. The normalized spacial score (nSPS) is 12.8. The monoisotopic (exact) mass is 213 g/mol. The summed E-state index contributed by atoms with van der Waals surface area (Å²) < 4.78 is 20.6. The van der Waals surface area contributed by atoms with E-state index >= 15 is 0 Å². The van der Waals surface area contributed by atoms with E-state index < -0.39 is 15.6 Å². The first kappa shape index (κ1) is 11.9. The molecule has 3 N–H and O–H groups in total. The zero-order chi connectivity index (χ0) is 9.78. The smallest absolute Gasteiger partial charge is 0.321 e. The first-order valence-corrected chi connectivity index (χ1v) is 6.22. The standard InChI is InChI=1S/C5H10O5P2/c1-5(12(8,9)10)3-2-4-11(6)7/h1-4H2,(H2-,6,7,8,9,10)/p+1. The Hall–Kier alpha value is -0.0500. The molecule has 0 fully saturated rings. The van der Waals surface area contributed by atoms with Gasteiger partial charge in [0.2, 0.25) is 0 Å². The molecular formula is C5H11O5P2+. The van der Waals surface area contributed by atoms with Crippen molar-refractivity contribution in [2.75, 3.05) is 6.16 Å². The van der Waals surface area contributed by atoms with Gasteiger partial charge in [0, 0.05) is 5.31 Å². The number of hydrogen-bond donors (Lipinski definition) is 3. The van der Waals surface area contributed by atoms with Crippen molar-refractivity contribution in [1.29, 1.82) is 0 Å². The molecule has 0 aromatic carbocycles. The van der Waals surface area contributed by atoms with E-state index in [9.17, 15) is 9.13 Å². The maximum atomic E-state index is 10.5. The summed E-state index contributed by atoms with van der Waals surface area (Å²) in [7, 11) is -6.40. The average molecular weight is 213 g/mol. The van der Waals surface area contributed by atoms with E-state index in [1.807, 2.05) is 0 Å². The highest BCUT2D eigenvalue weighted by molar-refractivity contribution is 7.56. The highest BCUT2D eigenvalue weighted by atomic mass is 31.2. The fraction of sp³-hybridized carbons (Fsp3) is 0.600. The SMILES string of the molecule is C=C(CCC[P+](=O)O)P(=O)(O)O. The second-order valence-corrected chi connectivity index (χ2v) is 5.16. The van der Waals surface area contributed by atoms with Crippen LogP contribution < -0.4 is 0 Å². The van der Waals surface area contributed by atoms with Gasteiger partial charge in [-0.2, -0.15) is 4.89 Å². The summed E-state index contributed by atoms with van der Waals surface area (Å²) in [5.41, 5.74) is 0. The molecule has 12 heavy (non-hydrogen) atoms. The highest BCUT2D eigenvalue weighted by Crippen LogP contribution is 2.46. The molecule has 0 aromatic rings. The maximum Gasteiger partial charge on any atom is 0.505 e. The molecule has 70 valence electrons. The number of hydrogen-bond acceptors (Lipinski definition) is 2. The van der Waals surface area contributed by atoms with Gasteiger partial charge in [-0.05, 0) is 17.4 Å². The third-order valence-corrected chi connectivity index (χ3v) is 2.97. The maximum absolute atomic E-state index is 10.5.